The van der Waals surface area contributed by atoms with Crippen molar-refractivity contribution < 1.29 is 9.53 Å². The number of ether oxygens (including phenoxy) is 1. The number of benzene rings is 1. The van der Waals surface area contributed by atoms with Crippen LogP contribution in [0.4, 0.5) is 0 Å². The fraction of sp³-hybridized carbons (Fsp3) is 0.588. The van der Waals surface area contributed by atoms with Gasteiger partial charge in [-0.3, -0.25) is 9.69 Å². The van der Waals surface area contributed by atoms with Gasteiger partial charge >= 0.3 is 5.97 Å². The molecule has 0 aliphatic rings. The third-order valence-electron chi connectivity index (χ3n) is 3.38. The molecule has 3 heteroatoms. The molecule has 0 atom stereocenters. The largest absolute Gasteiger partial charge is 0.469 e. The van der Waals surface area contributed by atoms with E-state index < -0.39 is 0 Å². The van der Waals surface area contributed by atoms with Gasteiger partial charge in [-0.2, -0.15) is 0 Å². The van der Waals surface area contributed by atoms with E-state index in [-0.39, 0.29) is 5.97 Å². The van der Waals surface area contributed by atoms with Crippen LogP contribution < -0.4 is 0 Å². The van der Waals surface area contributed by atoms with E-state index in [2.05, 4.69) is 38.7 Å². The molecule has 0 amide bonds. The van der Waals surface area contributed by atoms with Crippen LogP contribution in [0.25, 0.3) is 0 Å². The topological polar surface area (TPSA) is 29.5 Å². The summed E-state index contributed by atoms with van der Waals surface area (Å²) in [5, 5.41) is 0. The fourth-order valence-electron chi connectivity index (χ4n) is 2.26. The number of nitrogens with zero attached hydrogens (tertiary/aromatic N) is 1. The van der Waals surface area contributed by atoms with Crippen molar-refractivity contribution in [3.8, 4) is 0 Å². The molecule has 3 nitrogen and oxygen atoms in total. The molecule has 0 radical (unpaired) electrons. The van der Waals surface area contributed by atoms with Crippen molar-refractivity contribution in [2.75, 3.05) is 13.7 Å². The SMILES string of the molecule is COC(=O)Cc1ccccc1CN(CC(C)C)C(C)C. The van der Waals surface area contributed by atoms with E-state index in [1.807, 2.05) is 18.2 Å². The second-order valence-corrected chi connectivity index (χ2v) is 5.94. The maximum atomic E-state index is 11.5. The quantitative estimate of drug-likeness (QED) is 0.716. The lowest BCUT2D eigenvalue weighted by Crippen LogP contribution is -2.34. The Morgan fingerprint density at radius 1 is 1.15 bits per heavy atom. The highest BCUT2D eigenvalue weighted by Crippen LogP contribution is 2.16. The molecule has 0 aliphatic carbocycles. The van der Waals surface area contributed by atoms with E-state index in [1.165, 1.54) is 12.7 Å². The van der Waals surface area contributed by atoms with E-state index in [9.17, 15) is 4.79 Å². The van der Waals surface area contributed by atoms with Crippen LogP contribution in [0.1, 0.15) is 38.8 Å². The van der Waals surface area contributed by atoms with Gasteiger partial charge in [-0.1, -0.05) is 38.1 Å². The highest BCUT2D eigenvalue weighted by Gasteiger charge is 2.15. The molecule has 112 valence electrons. The lowest BCUT2D eigenvalue weighted by Gasteiger charge is -2.29. The molecule has 20 heavy (non-hydrogen) atoms. The average molecular weight is 277 g/mol. The first-order chi connectivity index (χ1) is 9.43. The highest BCUT2D eigenvalue weighted by molar-refractivity contribution is 5.72. The molecule has 0 saturated carbocycles. The van der Waals surface area contributed by atoms with Crippen molar-refractivity contribution in [3.05, 3.63) is 35.4 Å². The normalized spacial score (nSPS) is 11.4. The molecule has 0 N–H and O–H groups in total. The summed E-state index contributed by atoms with van der Waals surface area (Å²) in [7, 11) is 1.43. The lowest BCUT2D eigenvalue weighted by atomic mass is 10.0. The lowest BCUT2D eigenvalue weighted by molar-refractivity contribution is -0.139. The molecule has 1 aromatic rings. The molecule has 0 heterocycles. The Morgan fingerprint density at radius 3 is 2.25 bits per heavy atom. The predicted octanol–water partition coefficient (Wildman–Crippen LogP) is 3.27. The van der Waals surface area contributed by atoms with Crippen molar-refractivity contribution in [2.45, 2.75) is 46.7 Å². The van der Waals surface area contributed by atoms with Crippen LogP contribution in [0.5, 0.6) is 0 Å². The summed E-state index contributed by atoms with van der Waals surface area (Å²) in [5.74, 6) is 0.447. The zero-order valence-electron chi connectivity index (χ0n) is 13.3. The maximum absolute atomic E-state index is 11.5. The molecular weight excluding hydrogens is 250 g/mol. The van der Waals surface area contributed by atoms with Crippen LogP contribution in [0.15, 0.2) is 24.3 Å². The number of rotatable bonds is 7. The number of methoxy groups -OCH3 is 1. The van der Waals surface area contributed by atoms with Crippen molar-refractivity contribution in [3.63, 3.8) is 0 Å². The number of carbonyl (C=O) groups excluding carboxylic acids is 1. The van der Waals surface area contributed by atoms with Crippen LogP contribution in [0.3, 0.4) is 0 Å². The molecular formula is C17H27NO2. The Bertz CT molecular complexity index is 427. The number of esters is 1. The Morgan fingerprint density at radius 2 is 1.75 bits per heavy atom. The summed E-state index contributed by atoms with van der Waals surface area (Å²) in [5.41, 5.74) is 2.28. The maximum Gasteiger partial charge on any atom is 0.309 e. The molecule has 1 rings (SSSR count). The monoisotopic (exact) mass is 277 g/mol. The minimum Gasteiger partial charge on any atom is -0.469 e. The summed E-state index contributed by atoms with van der Waals surface area (Å²) in [6.45, 7) is 10.8. The first-order valence-electron chi connectivity index (χ1n) is 7.31. The van der Waals surface area contributed by atoms with Crippen molar-refractivity contribution in [1.82, 2.24) is 4.90 Å². The molecule has 0 spiro atoms. The summed E-state index contributed by atoms with van der Waals surface area (Å²) >= 11 is 0. The molecule has 1 aromatic carbocycles. The van der Waals surface area contributed by atoms with E-state index in [0.29, 0.717) is 18.4 Å². The van der Waals surface area contributed by atoms with E-state index in [1.54, 1.807) is 0 Å². The van der Waals surface area contributed by atoms with Gasteiger partial charge in [0.1, 0.15) is 0 Å². The van der Waals surface area contributed by atoms with Gasteiger partial charge in [0.15, 0.2) is 0 Å². The van der Waals surface area contributed by atoms with Gasteiger partial charge in [-0.15, -0.1) is 0 Å². The van der Waals surface area contributed by atoms with Crippen LogP contribution in [-0.4, -0.2) is 30.6 Å². The van der Waals surface area contributed by atoms with E-state index >= 15 is 0 Å². The van der Waals surface area contributed by atoms with Gasteiger partial charge in [0.25, 0.3) is 0 Å². The van der Waals surface area contributed by atoms with Crippen LogP contribution >= 0.6 is 0 Å². The Hall–Kier alpha value is -1.35. The third-order valence-corrected chi connectivity index (χ3v) is 3.38. The van der Waals surface area contributed by atoms with E-state index in [0.717, 1.165) is 18.7 Å². The third kappa shape index (κ3) is 5.33. The Labute approximate surface area is 122 Å². The second kappa shape index (κ2) is 8.05. The zero-order valence-corrected chi connectivity index (χ0v) is 13.3. The van der Waals surface area contributed by atoms with E-state index in [4.69, 9.17) is 4.74 Å². The molecule has 0 unspecified atom stereocenters. The first kappa shape index (κ1) is 16.7. The highest BCUT2D eigenvalue weighted by atomic mass is 16.5. The van der Waals surface area contributed by atoms with Gasteiger partial charge in [0, 0.05) is 19.1 Å². The van der Waals surface area contributed by atoms with Gasteiger partial charge in [0.05, 0.1) is 13.5 Å². The number of hydrogen-bond donors (Lipinski definition) is 0. The van der Waals surface area contributed by atoms with Crippen LogP contribution in [-0.2, 0) is 22.5 Å². The summed E-state index contributed by atoms with van der Waals surface area (Å²) in [4.78, 5) is 13.9. The van der Waals surface area contributed by atoms with Gasteiger partial charge in [-0.05, 0) is 30.9 Å². The minimum atomic E-state index is -0.183. The molecule has 0 aliphatic heterocycles. The number of hydrogen-bond acceptors (Lipinski definition) is 3. The van der Waals surface area contributed by atoms with Gasteiger partial charge in [-0.25, -0.2) is 0 Å². The molecule has 0 fully saturated rings. The standard InChI is InChI=1S/C17H27NO2/c1-13(2)11-18(14(3)4)12-16-9-7-6-8-15(16)10-17(19)20-5/h6-9,13-14H,10-12H2,1-5H3. The zero-order chi connectivity index (χ0) is 15.1. The summed E-state index contributed by atoms with van der Waals surface area (Å²) < 4.78 is 4.77. The Balaban J connectivity index is 2.86. The minimum absolute atomic E-state index is 0.183. The fourth-order valence-corrected chi connectivity index (χ4v) is 2.26. The molecule has 0 aromatic heterocycles. The van der Waals surface area contributed by atoms with Gasteiger partial charge in [0.2, 0.25) is 0 Å². The molecule has 0 bridgehead atoms. The number of carbonyl (C=O) groups is 1. The molecule has 0 saturated heterocycles. The summed E-state index contributed by atoms with van der Waals surface area (Å²) in [6.07, 6.45) is 0.348. The van der Waals surface area contributed by atoms with Gasteiger partial charge < -0.3 is 4.74 Å². The van der Waals surface area contributed by atoms with Crippen LogP contribution in [0, 0.1) is 5.92 Å². The van der Waals surface area contributed by atoms with Crippen molar-refractivity contribution in [2.24, 2.45) is 5.92 Å². The summed E-state index contributed by atoms with van der Waals surface area (Å²) in [6, 6.07) is 8.62. The average Bonchev–Trinajstić information content (AvgIpc) is 2.39. The van der Waals surface area contributed by atoms with Crippen molar-refractivity contribution in [1.29, 1.82) is 0 Å². The first-order valence-corrected chi connectivity index (χ1v) is 7.31. The Kier molecular flexibility index (Phi) is 6.73. The van der Waals surface area contributed by atoms with Crippen LogP contribution in [0.2, 0.25) is 0 Å². The van der Waals surface area contributed by atoms with Crippen molar-refractivity contribution >= 4 is 5.97 Å². The second-order valence-electron chi connectivity index (χ2n) is 5.94. The smallest absolute Gasteiger partial charge is 0.309 e. The predicted molar refractivity (Wildman–Crippen MR) is 82.5 cm³/mol.